The number of fused-ring (bicyclic) bond motifs is 1. The first kappa shape index (κ1) is 12.4. The molecule has 0 aromatic heterocycles. The Kier molecular flexibility index (Phi) is 2.99. The van der Waals surface area contributed by atoms with Crippen LogP contribution in [-0.4, -0.2) is 18.9 Å². The van der Waals surface area contributed by atoms with Crippen molar-refractivity contribution in [2.45, 2.75) is 6.42 Å². The molecule has 0 saturated heterocycles. The van der Waals surface area contributed by atoms with Crippen LogP contribution in [0.25, 0.3) is 0 Å². The molecule has 0 spiro atoms. The first-order chi connectivity index (χ1) is 9.70. The number of carbonyl (C=O) groups excluding carboxylic acids is 2. The van der Waals surface area contributed by atoms with E-state index in [-0.39, 0.29) is 11.4 Å². The number of ketones is 1. The molecule has 2 aliphatic rings. The largest absolute Gasteiger partial charge is 0.497 e. The van der Waals surface area contributed by atoms with Crippen LogP contribution in [0.3, 0.4) is 0 Å². The van der Waals surface area contributed by atoms with Crippen molar-refractivity contribution in [1.82, 2.24) is 0 Å². The summed E-state index contributed by atoms with van der Waals surface area (Å²) in [6.07, 6.45) is 5.75. The number of carbonyl (C=O) groups is 2. The SMILES string of the molecule is COC1=CCC(=C2C(=O)Oc3ccccc3C2=O)C=C1. The van der Waals surface area contributed by atoms with Gasteiger partial charge in [-0.2, -0.15) is 0 Å². The van der Waals surface area contributed by atoms with Crippen molar-refractivity contribution in [2.24, 2.45) is 0 Å². The fourth-order valence-electron chi connectivity index (χ4n) is 2.26. The Balaban J connectivity index is 2.04. The van der Waals surface area contributed by atoms with Gasteiger partial charge in [0, 0.05) is 0 Å². The molecule has 1 aromatic rings. The zero-order chi connectivity index (χ0) is 14.1. The molecule has 0 unspecified atom stereocenters. The van der Waals surface area contributed by atoms with E-state index in [1.165, 1.54) is 0 Å². The van der Waals surface area contributed by atoms with Crippen molar-refractivity contribution >= 4 is 11.8 Å². The van der Waals surface area contributed by atoms with Crippen LogP contribution < -0.4 is 4.74 Å². The van der Waals surface area contributed by atoms with Gasteiger partial charge in [-0.05, 0) is 36.3 Å². The lowest BCUT2D eigenvalue weighted by Gasteiger charge is -2.19. The van der Waals surface area contributed by atoms with E-state index in [1.807, 2.05) is 6.08 Å². The summed E-state index contributed by atoms with van der Waals surface area (Å²) in [5, 5.41) is 0. The molecular formula is C16H12O4. The minimum atomic E-state index is -0.595. The third-order valence-corrected chi connectivity index (χ3v) is 3.29. The van der Waals surface area contributed by atoms with Gasteiger partial charge in [0.05, 0.1) is 12.7 Å². The van der Waals surface area contributed by atoms with Crippen molar-refractivity contribution in [2.75, 3.05) is 7.11 Å². The highest BCUT2D eigenvalue weighted by Gasteiger charge is 2.32. The lowest BCUT2D eigenvalue weighted by atomic mass is 9.92. The van der Waals surface area contributed by atoms with Crippen LogP contribution in [0.4, 0.5) is 0 Å². The van der Waals surface area contributed by atoms with Gasteiger partial charge in [-0.15, -0.1) is 0 Å². The van der Waals surface area contributed by atoms with Crippen molar-refractivity contribution in [3.8, 4) is 5.75 Å². The van der Waals surface area contributed by atoms with Gasteiger partial charge in [-0.1, -0.05) is 18.2 Å². The van der Waals surface area contributed by atoms with Gasteiger partial charge in [0.1, 0.15) is 17.1 Å². The van der Waals surface area contributed by atoms with Gasteiger partial charge < -0.3 is 9.47 Å². The Morgan fingerprint density at radius 3 is 2.65 bits per heavy atom. The third-order valence-electron chi connectivity index (χ3n) is 3.29. The number of benzene rings is 1. The zero-order valence-electron chi connectivity index (χ0n) is 10.9. The van der Waals surface area contributed by atoms with Crippen LogP contribution in [0.2, 0.25) is 0 Å². The highest BCUT2D eigenvalue weighted by Crippen LogP contribution is 2.31. The van der Waals surface area contributed by atoms with E-state index >= 15 is 0 Å². The van der Waals surface area contributed by atoms with E-state index in [0.717, 1.165) is 0 Å². The smallest absolute Gasteiger partial charge is 0.347 e. The molecule has 3 rings (SSSR count). The van der Waals surface area contributed by atoms with Crippen LogP contribution >= 0.6 is 0 Å². The van der Waals surface area contributed by atoms with E-state index in [1.54, 1.807) is 43.5 Å². The molecule has 0 fully saturated rings. The average Bonchev–Trinajstić information content (AvgIpc) is 2.48. The van der Waals surface area contributed by atoms with Crippen LogP contribution in [0.1, 0.15) is 16.8 Å². The molecule has 1 aliphatic carbocycles. The molecule has 1 aromatic carbocycles. The third kappa shape index (κ3) is 1.95. The van der Waals surface area contributed by atoms with E-state index < -0.39 is 5.97 Å². The highest BCUT2D eigenvalue weighted by atomic mass is 16.5. The quantitative estimate of drug-likeness (QED) is 0.340. The van der Waals surface area contributed by atoms with Gasteiger partial charge >= 0.3 is 5.97 Å². The molecule has 4 nitrogen and oxygen atoms in total. The number of rotatable bonds is 1. The Labute approximate surface area is 116 Å². The van der Waals surface area contributed by atoms with Crippen molar-refractivity contribution in [3.05, 3.63) is 65.0 Å². The highest BCUT2D eigenvalue weighted by molar-refractivity contribution is 6.28. The topological polar surface area (TPSA) is 52.6 Å². The summed E-state index contributed by atoms with van der Waals surface area (Å²) in [4.78, 5) is 24.5. The average molecular weight is 268 g/mol. The maximum Gasteiger partial charge on any atom is 0.347 e. The van der Waals surface area contributed by atoms with E-state index in [4.69, 9.17) is 9.47 Å². The number of allylic oxidation sites excluding steroid dienone is 4. The Bertz CT molecular complexity index is 692. The number of esters is 1. The second-order valence-electron chi connectivity index (χ2n) is 4.46. The molecule has 0 atom stereocenters. The van der Waals surface area contributed by atoms with Crippen molar-refractivity contribution in [3.63, 3.8) is 0 Å². The molecular weight excluding hydrogens is 256 g/mol. The number of methoxy groups -OCH3 is 1. The number of Topliss-reactive ketones (excluding diaryl/α,β-unsaturated/α-hetero) is 1. The summed E-state index contributed by atoms with van der Waals surface area (Å²) in [5.74, 6) is 0.152. The first-order valence-corrected chi connectivity index (χ1v) is 6.22. The lowest BCUT2D eigenvalue weighted by molar-refractivity contribution is -0.130. The molecule has 1 heterocycles. The van der Waals surface area contributed by atoms with Gasteiger partial charge in [0.25, 0.3) is 0 Å². The maximum atomic E-state index is 12.4. The Hall–Kier alpha value is -2.62. The fourth-order valence-corrected chi connectivity index (χ4v) is 2.26. The monoisotopic (exact) mass is 268 g/mol. The first-order valence-electron chi connectivity index (χ1n) is 6.22. The standard InChI is InChI=1S/C16H12O4/c1-19-11-8-6-10(7-9-11)14-15(17)12-4-2-3-5-13(12)20-16(14)18/h2-6,8-9H,7H2,1H3. The predicted octanol–water partition coefficient (Wildman–Crippen LogP) is 2.58. The second kappa shape index (κ2) is 4.81. The summed E-state index contributed by atoms with van der Waals surface area (Å²) in [7, 11) is 1.57. The minimum Gasteiger partial charge on any atom is -0.497 e. The number of ether oxygens (including phenoxy) is 2. The second-order valence-corrected chi connectivity index (χ2v) is 4.46. The van der Waals surface area contributed by atoms with Crippen molar-refractivity contribution < 1.29 is 19.1 Å². The van der Waals surface area contributed by atoms with Crippen LogP contribution in [0.5, 0.6) is 5.75 Å². The van der Waals surface area contributed by atoms with Gasteiger partial charge in [-0.3, -0.25) is 4.79 Å². The molecule has 1 aliphatic heterocycles. The molecule has 0 amide bonds. The summed E-state index contributed by atoms with van der Waals surface area (Å²) >= 11 is 0. The molecule has 0 bridgehead atoms. The minimum absolute atomic E-state index is 0.103. The number of hydrogen-bond acceptors (Lipinski definition) is 4. The van der Waals surface area contributed by atoms with Gasteiger partial charge in [0.2, 0.25) is 5.78 Å². The summed E-state index contributed by atoms with van der Waals surface area (Å²) < 4.78 is 10.3. The van der Waals surface area contributed by atoms with Gasteiger partial charge in [0.15, 0.2) is 0 Å². The summed E-state index contributed by atoms with van der Waals surface area (Å²) in [6.45, 7) is 0. The van der Waals surface area contributed by atoms with Crippen LogP contribution in [-0.2, 0) is 9.53 Å². The van der Waals surface area contributed by atoms with E-state index in [2.05, 4.69) is 0 Å². The molecule has 4 heteroatoms. The summed E-state index contributed by atoms with van der Waals surface area (Å²) in [6, 6.07) is 6.75. The maximum absolute atomic E-state index is 12.4. The van der Waals surface area contributed by atoms with Crippen LogP contribution in [0, 0.1) is 0 Å². The Morgan fingerprint density at radius 1 is 1.15 bits per heavy atom. The molecule has 0 radical (unpaired) electrons. The zero-order valence-corrected chi connectivity index (χ0v) is 10.9. The molecule has 20 heavy (non-hydrogen) atoms. The number of para-hydroxylation sites is 1. The Morgan fingerprint density at radius 2 is 1.95 bits per heavy atom. The summed E-state index contributed by atoms with van der Waals surface area (Å²) in [5.41, 5.74) is 1.17. The predicted molar refractivity (Wildman–Crippen MR) is 72.3 cm³/mol. The van der Waals surface area contributed by atoms with E-state index in [0.29, 0.717) is 29.1 Å². The molecule has 100 valence electrons. The van der Waals surface area contributed by atoms with Gasteiger partial charge in [-0.25, -0.2) is 4.79 Å². The lowest BCUT2D eigenvalue weighted by Crippen LogP contribution is -2.26. The van der Waals surface area contributed by atoms with Crippen LogP contribution in [0.15, 0.2) is 59.4 Å². The normalized spacial score (nSPS) is 21.1. The van der Waals surface area contributed by atoms with Crippen molar-refractivity contribution in [1.29, 1.82) is 0 Å². The van der Waals surface area contributed by atoms with E-state index in [9.17, 15) is 9.59 Å². The molecule has 0 N–H and O–H groups in total. The number of hydrogen-bond donors (Lipinski definition) is 0. The fraction of sp³-hybridized carbons (Fsp3) is 0.125. The molecule has 0 saturated carbocycles.